The fourth-order valence-electron chi connectivity index (χ4n) is 1.67. The van der Waals surface area contributed by atoms with Gasteiger partial charge in [-0.2, -0.15) is 5.10 Å². The number of rotatable bonds is 3. The number of H-pyrrole nitrogens is 1. The number of nitro benzene ring substituents is 1. The minimum Gasteiger partial charge on any atom is -0.300 e. The highest BCUT2D eigenvalue weighted by molar-refractivity contribution is 5.91. The molecule has 0 aliphatic carbocycles. The molecule has 0 atom stereocenters. The molecule has 0 spiro atoms. The molecule has 0 saturated heterocycles. The van der Waals surface area contributed by atoms with Crippen molar-refractivity contribution in [3.63, 3.8) is 0 Å². The summed E-state index contributed by atoms with van der Waals surface area (Å²) >= 11 is 0. The van der Waals surface area contributed by atoms with Gasteiger partial charge in [0.2, 0.25) is 0 Å². The molecule has 0 amide bonds. The number of aromatic nitrogens is 2. The lowest BCUT2D eigenvalue weighted by Gasteiger charge is -2.01. The third kappa shape index (κ3) is 1.65. The predicted octanol–water partition coefficient (Wildman–Crippen LogP) is 1.60. The Labute approximate surface area is 90.4 Å². The average Bonchev–Trinajstić information content (AvgIpc) is 2.63. The van der Waals surface area contributed by atoms with Gasteiger partial charge in [-0.25, -0.2) is 0 Å². The maximum atomic E-state index is 11.0. The van der Waals surface area contributed by atoms with Crippen LogP contribution in [-0.4, -0.2) is 20.9 Å². The highest BCUT2D eigenvalue weighted by Crippen LogP contribution is 2.28. The maximum Gasteiger partial charge on any atom is 0.283 e. The van der Waals surface area contributed by atoms with E-state index in [-0.39, 0.29) is 17.9 Å². The molecule has 16 heavy (non-hydrogen) atoms. The van der Waals surface area contributed by atoms with E-state index in [0.29, 0.717) is 16.5 Å². The Morgan fingerprint density at radius 2 is 2.31 bits per heavy atom. The van der Waals surface area contributed by atoms with E-state index in [1.165, 1.54) is 13.1 Å². The molecule has 2 rings (SSSR count). The van der Waals surface area contributed by atoms with Gasteiger partial charge in [-0.15, -0.1) is 0 Å². The van der Waals surface area contributed by atoms with Crippen molar-refractivity contribution in [2.75, 3.05) is 0 Å². The minimum absolute atomic E-state index is 0.0403. The lowest BCUT2D eigenvalue weighted by Crippen LogP contribution is -2.01. The zero-order valence-electron chi connectivity index (χ0n) is 8.56. The smallest absolute Gasteiger partial charge is 0.283 e. The SMILES string of the molecule is CC(=O)Cc1ccc2[nH]ncc2c1[N+](=O)[O-]. The van der Waals surface area contributed by atoms with Crippen LogP contribution >= 0.6 is 0 Å². The normalized spacial score (nSPS) is 10.6. The first-order valence-corrected chi connectivity index (χ1v) is 4.68. The van der Waals surface area contributed by atoms with Gasteiger partial charge in [0.05, 0.1) is 22.0 Å². The molecule has 1 N–H and O–H groups in total. The van der Waals surface area contributed by atoms with E-state index in [4.69, 9.17) is 0 Å². The molecule has 6 heteroatoms. The Hall–Kier alpha value is -2.24. The van der Waals surface area contributed by atoms with Gasteiger partial charge in [0.25, 0.3) is 5.69 Å². The lowest BCUT2D eigenvalue weighted by molar-refractivity contribution is -0.383. The number of nitrogens with zero attached hydrogens (tertiary/aromatic N) is 2. The topological polar surface area (TPSA) is 88.9 Å². The summed E-state index contributed by atoms with van der Waals surface area (Å²) in [5.41, 5.74) is 0.979. The average molecular weight is 219 g/mol. The van der Waals surface area contributed by atoms with Gasteiger partial charge in [0, 0.05) is 12.0 Å². The van der Waals surface area contributed by atoms with E-state index in [2.05, 4.69) is 10.2 Å². The maximum absolute atomic E-state index is 11.0. The fraction of sp³-hybridized carbons (Fsp3) is 0.200. The first-order valence-electron chi connectivity index (χ1n) is 4.68. The van der Waals surface area contributed by atoms with Gasteiger partial charge in [-0.1, -0.05) is 0 Å². The van der Waals surface area contributed by atoms with Crippen molar-refractivity contribution in [1.82, 2.24) is 10.2 Å². The van der Waals surface area contributed by atoms with Gasteiger partial charge in [0.15, 0.2) is 0 Å². The molecule has 2 aromatic rings. The number of nitro groups is 1. The van der Waals surface area contributed by atoms with E-state index in [1.54, 1.807) is 12.1 Å². The number of hydrogen-bond acceptors (Lipinski definition) is 4. The highest BCUT2D eigenvalue weighted by Gasteiger charge is 2.20. The van der Waals surface area contributed by atoms with Crippen LogP contribution in [0.25, 0.3) is 10.9 Å². The summed E-state index contributed by atoms with van der Waals surface area (Å²) in [5.74, 6) is -0.106. The fourth-order valence-corrected chi connectivity index (χ4v) is 1.67. The second-order valence-electron chi connectivity index (χ2n) is 3.54. The van der Waals surface area contributed by atoms with Crippen LogP contribution in [0.15, 0.2) is 18.3 Å². The third-order valence-electron chi connectivity index (χ3n) is 2.30. The second-order valence-corrected chi connectivity index (χ2v) is 3.54. The predicted molar refractivity (Wildman–Crippen MR) is 57.1 cm³/mol. The zero-order valence-corrected chi connectivity index (χ0v) is 8.56. The Balaban J connectivity index is 2.68. The molecule has 1 aromatic carbocycles. The van der Waals surface area contributed by atoms with Gasteiger partial charge in [-0.3, -0.25) is 20.0 Å². The largest absolute Gasteiger partial charge is 0.300 e. The number of carbonyl (C=O) groups excluding carboxylic acids is 1. The molecule has 0 aliphatic rings. The summed E-state index contributed by atoms with van der Waals surface area (Å²) in [6.45, 7) is 1.41. The zero-order chi connectivity index (χ0) is 11.7. The van der Waals surface area contributed by atoms with Crippen LogP contribution in [-0.2, 0) is 11.2 Å². The summed E-state index contributed by atoms with van der Waals surface area (Å²) in [5, 5.41) is 17.8. The van der Waals surface area contributed by atoms with E-state index in [0.717, 1.165) is 0 Å². The van der Waals surface area contributed by atoms with Crippen LogP contribution < -0.4 is 0 Å². The molecule has 6 nitrogen and oxygen atoms in total. The van der Waals surface area contributed by atoms with Gasteiger partial charge in [0.1, 0.15) is 5.78 Å². The van der Waals surface area contributed by atoms with E-state index in [9.17, 15) is 14.9 Å². The van der Waals surface area contributed by atoms with Crippen LogP contribution in [0.1, 0.15) is 12.5 Å². The molecular formula is C10H9N3O3. The molecule has 0 radical (unpaired) electrons. The van der Waals surface area contributed by atoms with E-state index in [1.807, 2.05) is 0 Å². The van der Waals surface area contributed by atoms with Crippen LogP contribution in [0.2, 0.25) is 0 Å². The van der Waals surface area contributed by atoms with Crippen LogP contribution in [0, 0.1) is 10.1 Å². The number of aromatic amines is 1. The first kappa shape index (κ1) is 10.3. The lowest BCUT2D eigenvalue weighted by atomic mass is 10.0. The van der Waals surface area contributed by atoms with E-state index >= 15 is 0 Å². The van der Waals surface area contributed by atoms with Crippen molar-refractivity contribution in [3.05, 3.63) is 34.0 Å². The monoisotopic (exact) mass is 219 g/mol. The Morgan fingerprint density at radius 1 is 1.56 bits per heavy atom. The molecule has 0 unspecified atom stereocenters. The highest BCUT2D eigenvalue weighted by atomic mass is 16.6. The molecular weight excluding hydrogens is 210 g/mol. The number of hydrogen-bond donors (Lipinski definition) is 1. The molecule has 1 aromatic heterocycles. The third-order valence-corrected chi connectivity index (χ3v) is 2.30. The number of nitrogens with one attached hydrogen (secondary N) is 1. The quantitative estimate of drug-likeness (QED) is 0.627. The number of ketones is 1. The van der Waals surface area contributed by atoms with Crippen LogP contribution in [0.5, 0.6) is 0 Å². The van der Waals surface area contributed by atoms with Crippen LogP contribution in [0.3, 0.4) is 0 Å². The van der Waals surface area contributed by atoms with E-state index < -0.39 is 4.92 Å². The van der Waals surface area contributed by atoms with Crippen molar-refractivity contribution in [2.24, 2.45) is 0 Å². The Morgan fingerprint density at radius 3 is 2.94 bits per heavy atom. The summed E-state index contributed by atoms with van der Waals surface area (Å²) < 4.78 is 0. The Bertz CT molecular complexity index is 574. The Kier molecular flexibility index (Phi) is 2.40. The van der Waals surface area contributed by atoms with Crippen LogP contribution in [0.4, 0.5) is 5.69 Å². The number of Topliss-reactive ketones (excluding diaryl/α,β-unsaturated/α-hetero) is 1. The van der Waals surface area contributed by atoms with Crippen molar-refractivity contribution in [1.29, 1.82) is 0 Å². The summed E-state index contributed by atoms with van der Waals surface area (Å²) in [7, 11) is 0. The standard InChI is InChI=1S/C10H9N3O3/c1-6(14)4-7-2-3-9-8(5-11-12-9)10(7)13(15)16/h2-3,5H,4H2,1H3,(H,11,12). The molecule has 0 bridgehead atoms. The van der Waals surface area contributed by atoms with Crippen molar-refractivity contribution >= 4 is 22.4 Å². The second kappa shape index (κ2) is 3.73. The number of carbonyl (C=O) groups is 1. The van der Waals surface area contributed by atoms with Crippen molar-refractivity contribution < 1.29 is 9.72 Å². The summed E-state index contributed by atoms with van der Waals surface area (Å²) in [6, 6.07) is 3.27. The summed E-state index contributed by atoms with van der Waals surface area (Å²) in [4.78, 5) is 21.5. The van der Waals surface area contributed by atoms with Gasteiger partial charge < -0.3 is 0 Å². The molecule has 0 fully saturated rings. The molecule has 0 saturated carbocycles. The van der Waals surface area contributed by atoms with Gasteiger partial charge in [-0.05, 0) is 19.1 Å². The number of fused-ring (bicyclic) bond motifs is 1. The van der Waals surface area contributed by atoms with Crippen molar-refractivity contribution in [2.45, 2.75) is 13.3 Å². The van der Waals surface area contributed by atoms with Gasteiger partial charge >= 0.3 is 0 Å². The summed E-state index contributed by atoms with van der Waals surface area (Å²) in [6.07, 6.45) is 1.47. The molecule has 0 aliphatic heterocycles. The molecule has 1 heterocycles. The molecule has 82 valence electrons. The first-order chi connectivity index (χ1) is 7.59. The minimum atomic E-state index is -0.476. The number of benzene rings is 1. The van der Waals surface area contributed by atoms with Crippen molar-refractivity contribution in [3.8, 4) is 0 Å².